The highest BCUT2D eigenvalue weighted by molar-refractivity contribution is 6.31. The first-order valence-corrected chi connectivity index (χ1v) is 9.26. The molecule has 0 fully saturated rings. The quantitative estimate of drug-likeness (QED) is 0.584. The number of rotatable bonds is 8. The van der Waals surface area contributed by atoms with Gasteiger partial charge in [-0.1, -0.05) is 11.6 Å². The molecular weight excluding hydrogens is 417 g/mol. The molecule has 1 aromatic carbocycles. The molecule has 0 aliphatic carbocycles. The number of carboxylic acid groups (broad SMARTS) is 1. The molecule has 3 aromatic rings. The van der Waals surface area contributed by atoms with E-state index in [0.29, 0.717) is 21.8 Å². The maximum absolute atomic E-state index is 13.5. The van der Waals surface area contributed by atoms with Gasteiger partial charge in [0.15, 0.2) is 5.82 Å². The van der Waals surface area contributed by atoms with Crippen molar-refractivity contribution in [1.82, 2.24) is 14.3 Å². The molecule has 0 bridgehead atoms. The summed E-state index contributed by atoms with van der Waals surface area (Å²) in [5, 5.41) is 13.9. The number of ether oxygens (including phenoxy) is 2. The molecule has 0 radical (unpaired) electrons. The second-order valence-corrected chi connectivity index (χ2v) is 6.84. The van der Waals surface area contributed by atoms with Crippen LogP contribution in [0, 0.1) is 5.82 Å². The zero-order valence-electron chi connectivity index (χ0n) is 16.2. The van der Waals surface area contributed by atoms with E-state index in [1.165, 1.54) is 37.4 Å². The SMILES string of the molecule is COCCC(C(=O)O)n1cc(OC)c(-c2cc(Cl)ccc2-n2cc(F)cn2)cc1=O. The second kappa shape index (κ2) is 9.10. The Hall–Kier alpha value is -3.17. The predicted molar refractivity (Wildman–Crippen MR) is 108 cm³/mol. The molecule has 1 atom stereocenters. The van der Waals surface area contributed by atoms with Gasteiger partial charge in [0.1, 0.15) is 11.8 Å². The highest BCUT2D eigenvalue weighted by Crippen LogP contribution is 2.35. The zero-order valence-corrected chi connectivity index (χ0v) is 17.0. The van der Waals surface area contributed by atoms with Crippen LogP contribution in [-0.2, 0) is 9.53 Å². The minimum atomic E-state index is -1.17. The number of methoxy groups -OCH3 is 2. The summed E-state index contributed by atoms with van der Waals surface area (Å²) in [4.78, 5) is 24.5. The molecule has 1 unspecified atom stereocenters. The topological polar surface area (TPSA) is 95.6 Å². The molecule has 0 amide bonds. The van der Waals surface area contributed by atoms with Crippen molar-refractivity contribution in [2.45, 2.75) is 12.5 Å². The average molecular weight is 436 g/mol. The van der Waals surface area contributed by atoms with Crippen LogP contribution in [0.5, 0.6) is 5.75 Å². The number of nitrogens with zero attached hydrogens (tertiary/aromatic N) is 3. The van der Waals surface area contributed by atoms with Crippen LogP contribution in [-0.4, -0.2) is 46.2 Å². The number of aromatic nitrogens is 3. The van der Waals surface area contributed by atoms with Crippen LogP contribution in [0.25, 0.3) is 16.8 Å². The van der Waals surface area contributed by atoms with Gasteiger partial charge < -0.3 is 14.6 Å². The Morgan fingerprint density at radius 2 is 2.03 bits per heavy atom. The van der Waals surface area contributed by atoms with E-state index in [-0.39, 0.29) is 18.8 Å². The van der Waals surface area contributed by atoms with Crippen molar-refractivity contribution in [2.75, 3.05) is 20.8 Å². The minimum Gasteiger partial charge on any atom is -0.495 e. The maximum Gasteiger partial charge on any atom is 0.326 e. The fourth-order valence-electron chi connectivity index (χ4n) is 3.11. The third-order valence-electron chi connectivity index (χ3n) is 4.53. The van der Waals surface area contributed by atoms with Crippen LogP contribution < -0.4 is 10.3 Å². The van der Waals surface area contributed by atoms with Gasteiger partial charge in [0.2, 0.25) is 0 Å². The van der Waals surface area contributed by atoms with Crippen LogP contribution in [0.4, 0.5) is 4.39 Å². The fraction of sp³-hybridized carbons (Fsp3) is 0.250. The number of benzene rings is 1. The Balaban J connectivity index is 2.19. The number of carboxylic acids is 1. The lowest BCUT2D eigenvalue weighted by atomic mass is 10.0. The van der Waals surface area contributed by atoms with Gasteiger partial charge in [-0.25, -0.2) is 13.9 Å². The molecule has 8 nitrogen and oxygen atoms in total. The molecular formula is C20H19ClFN3O5. The van der Waals surface area contributed by atoms with Gasteiger partial charge in [0.25, 0.3) is 5.56 Å². The summed E-state index contributed by atoms with van der Waals surface area (Å²) in [5.41, 5.74) is 0.748. The van der Waals surface area contributed by atoms with Crippen molar-refractivity contribution in [3.8, 4) is 22.6 Å². The lowest BCUT2D eigenvalue weighted by Gasteiger charge is -2.19. The van der Waals surface area contributed by atoms with E-state index in [0.717, 1.165) is 10.8 Å². The number of halogens is 2. The van der Waals surface area contributed by atoms with Gasteiger partial charge in [0, 0.05) is 42.4 Å². The first-order chi connectivity index (χ1) is 14.3. The molecule has 2 heterocycles. The maximum atomic E-state index is 13.5. The van der Waals surface area contributed by atoms with E-state index < -0.39 is 23.4 Å². The molecule has 0 spiro atoms. The number of hydrogen-bond donors (Lipinski definition) is 1. The molecule has 2 aromatic heterocycles. The van der Waals surface area contributed by atoms with Crippen LogP contribution in [0.3, 0.4) is 0 Å². The smallest absolute Gasteiger partial charge is 0.326 e. The van der Waals surface area contributed by atoms with E-state index in [4.69, 9.17) is 21.1 Å². The van der Waals surface area contributed by atoms with Gasteiger partial charge in [0.05, 0.1) is 31.4 Å². The van der Waals surface area contributed by atoms with Crippen molar-refractivity contribution in [1.29, 1.82) is 0 Å². The number of carbonyl (C=O) groups is 1. The second-order valence-electron chi connectivity index (χ2n) is 6.40. The molecule has 10 heteroatoms. The van der Waals surface area contributed by atoms with E-state index in [1.54, 1.807) is 18.2 Å². The summed E-state index contributed by atoms with van der Waals surface area (Å²) in [6, 6.07) is 4.97. The Kier molecular flexibility index (Phi) is 6.53. The normalized spacial score (nSPS) is 12.0. The summed E-state index contributed by atoms with van der Waals surface area (Å²) in [6.45, 7) is 0.163. The zero-order chi connectivity index (χ0) is 21.8. The molecule has 0 saturated carbocycles. The van der Waals surface area contributed by atoms with Crippen molar-refractivity contribution in [2.24, 2.45) is 0 Å². The minimum absolute atomic E-state index is 0.100. The summed E-state index contributed by atoms with van der Waals surface area (Å²) >= 11 is 6.16. The van der Waals surface area contributed by atoms with Crippen LogP contribution >= 0.6 is 11.6 Å². The van der Waals surface area contributed by atoms with Gasteiger partial charge >= 0.3 is 5.97 Å². The van der Waals surface area contributed by atoms with Crippen molar-refractivity contribution in [3.63, 3.8) is 0 Å². The number of hydrogen-bond acceptors (Lipinski definition) is 5. The third-order valence-corrected chi connectivity index (χ3v) is 4.76. The summed E-state index contributed by atoms with van der Waals surface area (Å²) in [5.74, 6) is -1.45. The fourth-order valence-corrected chi connectivity index (χ4v) is 3.28. The molecule has 0 aliphatic heterocycles. The Morgan fingerprint density at radius 3 is 2.63 bits per heavy atom. The molecule has 158 valence electrons. The summed E-state index contributed by atoms with van der Waals surface area (Å²) in [6.07, 6.45) is 3.68. The average Bonchev–Trinajstić information content (AvgIpc) is 3.14. The number of aliphatic carboxylic acids is 1. The molecule has 0 aliphatic rings. The molecule has 30 heavy (non-hydrogen) atoms. The molecule has 1 N–H and O–H groups in total. The van der Waals surface area contributed by atoms with Crippen LogP contribution in [0.1, 0.15) is 12.5 Å². The van der Waals surface area contributed by atoms with Crippen molar-refractivity contribution < 1.29 is 23.8 Å². The lowest BCUT2D eigenvalue weighted by Crippen LogP contribution is -2.30. The largest absolute Gasteiger partial charge is 0.495 e. The van der Waals surface area contributed by atoms with E-state index in [1.807, 2.05) is 0 Å². The molecule has 3 rings (SSSR count). The van der Waals surface area contributed by atoms with E-state index in [2.05, 4.69) is 5.10 Å². The highest BCUT2D eigenvalue weighted by atomic mass is 35.5. The van der Waals surface area contributed by atoms with Gasteiger partial charge in [-0.05, 0) is 18.2 Å². The lowest BCUT2D eigenvalue weighted by molar-refractivity contribution is -0.141. The summed E-state index contributed by atoms with van der Waals surface area (Å²) in [7, 11) is 2.85. The predicted octanol–water partition coefficient (Wildman–Crippen LogP) is 3.16. The highest BCUT2D eigenvalue weighted by Gasteiger charge is 2.23. The van der Waals surface area contributed by atoms with Crippen LogP contribution in [0.2, 0.25) is 5.02 Å². The van der Waals surface area contributed by atoms with Crippen molar-refractivity contribution in [3.05, 3.63) is 64.0 Å². The van der Waals surface area contributed by atoms with Gasteiger partial charge in [-0.15, -0.1) is 0 Å². The Morgan fingerprint density at radius 1 is 1.27 bits per heavy atom. The monoisotopic (exact) mass is 435 g/mol. The van der Waals surface area contributed by atoms with Crippen LogP contribution in [0.15, 0.2) is 47.7 Å². The Bertz CT molecular complexity index is 1130. The van der Waals surface area contributed by atoms with Gasteiger partial charge in [-0.2, -0.15) is 5.10 Å². The van der Waals surface area contributed by atoms with E-state index >= 15 is 0 Å². The van der Waals surface area contributed by atoms with Crippen molar-refractivity contribution >= 4 is 17.6 Å². The summed E-state index contributed by atoms with van der Waals surface area (Å²) < 4.78 is 26.3. The van der Waals surface area contributed by atoms with Gasteiger partial charge in [-0.3, -0.25) is 9.36 Å². The first-order valence-electron chi connectivity index (χ1n) is 8.88. The number of pyridine rings is 1. The standard InChI is InChI=1S/C20H19ClFN3O5/c1-29-6-5-17(20(27)28)24-11-18(30-2)15(8-19(24)26)14-7-12(21)3-4-16(14)25-10-13(22)9-23-25/h3-4,7-11,17H,5-6H2,1-2H3,(H,27,28). The Labute approximate surface area is 176 Å². The third kappa shape index (κ3) is 4.37. The first kappa shape index (κ1) is 21.5. The molecule has 0 saturated heterocycles. The van der Waals surface area contributed by atoms with E-state index in [9.17, 15) is 19.1 Å².